The Bertz CT molecular complexity index is 699. The average Bonchev–Trinajstić information content (AvgIpc) is 2.89. The van der Waals surface area contributed by atoms with E-state index >= 15 is 0 Å². The van der Waals surface area contributed by atoms with Crippen LogP contribution in [0, 0.1) is 5.41 Å². The third kappa shape index (κ3) is 4.93. The summed E-state index contributed by atoms with van der Waals surface area (Å²) in [4.78, 5) is 23.9. The molecule has 0 saturated heterocycles. The fraction of sp³-hybridized carbons (Fsp3) is 0.353. The molecule has 0 unspecified atom stereocenters. The number of hydrogen-bond acceptors (Lipinski definition) is 3. The van der Waals surface area contributed by atoms with Crippen molar-refractivity contribution in [2.45, 2.75) is 27.3 Å². The summed E-state index contributed by atoms with van der Waals surface area (Å²) < 4.78 is 1.72. The number of rotatable bonds is 5. The van der Waals surface area contributed by atoms with Gasteiger partial charge >= 0.3 is 0 Å². The number of ketones is 1. The van der Waals surface area contributed by atoms with Gasteiger partial charge in [0, 0.05) is 17.2 Å². The molecule has 1 heterocycles. The first kappa shape index (κ1) is 17.2. The minimum Gasteiger partial charge on any atom is -0.345 e. The molecule has 1 N–H and O–H groups in total. The molecule has 0 aliphatic heterocycles. The second-order valence-corrected chi connectivity index (χ2v) is 6.85. The van der Waals surface area contributed by atoms with E-state index in [0.717, 1.165) is 5.56 Å². The number of carbonyl (C=O) groups is 2. The molecule has 23 heavy (non-hydrogen) atoms. The highest BCUT2D eigenvalue weighted by Gasteiger charge is 2.21. The molecule has 0 aliphatic rings. The zero-order valence-electron chi connectivity index (χ0n) is 13.5. The van der Waals surface area contributed by atoms with Crippen LogP contribution in [0.2, 0.25) is 5.02 Å². The number of Topliss-reactive ketones (excluding diaryl/α,β-unsaturated/α-hetero) is 1. The summed E-state index contributed by atoms with van der Waals surface area (Å²) in [6.07, 6.45) is 3.32. The van der Waals surface area contributed by atoms with E-state index < -0.39 is 5.41 Å². The Morgan fingerprint density at radius 1 is 1.22 bits per heavy atom. The lowest BCUT2D eigenvalue weighted by atomic mass is 9.91. The SMILES string of the molecule is CC(C)(C)C(=O)CNC(=O)c1ccc(Cn2cc(Cl)cn2)cc1. The predicted molar refractivity (Wildman–Crippen MR) is 89.6 cm³/mol. The Labute approximate surface area is 140 Å². The van der Waals surface area contributed by atoms with E-state index in [1.54, 1.807) is 29.2 Å². The van der Waals surface area contributed by atoms with E-state index in [2.05, 4.69) is 10.4 Å². The molecule has 0 atom stereocenters. The van der Waals surface area contributed by atoms with Crippen LogP contribution in [0.5, 0.6) is 0 Å². The van der Waals surface area contributed by atoms with Gasteiger partial charge in [-0.1, -0.05) is 44.5 Å². The number of hydrogen-bond donors (Lipinski definition) is 1. The lowest BCUT2D eigenvalue weighted by molar-refractivity contribution is -0.125. The monoisotopic (exact) mass is 333 g/mol. The fourth-order valence-electron chi connectivity index (χ4n) is 1.90. The molecule has 6 heteroatoms. The summed E-state index contributed by atoms with van der Waals surface area (Å²) in [6, 6.07) is 7.18. The molecule has 122 valence electrons. The van der Waals surface area contributed by atoms with Crippen LogP contribution in [0.1, 0.15) is 36.7 Å². The minimum atomic E-state index is -0.456. The smallest absolute Gasteiger partial charge is 0.251 e. The van der Waals surface area contributed by atoms with E-state index in [1.165, 1.54) is 0 Å². The molecule has 0 aliphatic carbocycles. The van der Waals surface area contributed by atoms with Crippen molar-refractivity contribution in [1.82, 2.24) is 15.1 Å². The maximum Gasteiger partial charge on any atom is 0.251 e. The molecule has 0 radical (unpaired) electrons. The molecule has 0 bridgehead atoms. The van der Waals surface area contributed by atoms with Gasteiger partial charge in [0.2, 0.25) is 0 Å². The van der Waals surface area contributed by atoms with Crippen molar-refractivity contribution in [3.05, 3.63) is 52.8 Å². The largest absolute Gasteiger partial charge is 0.345 e. The van der Waals surface area contributed by atoms with Crippen LogP contribution in [-0.4, -0.2) is 28.0 Å². The van der Waals surface area contributed by atoms with Crippen LogP contribution in [0.15, 0.2) is 36.7 Å². The van der Waals surface area contributed by atoms with Crippen LogP contribution in [-0.2, 0) is 11.3 Å². The lowest BCUT2D eigenvalue weighted by Crippen LogP contribution is -2.35. The highest BCUT2D eigenvalue weighted by molar-refractivity contribution is 6.30. The number of nitrogens with zero attached hydrogens (tertiary/aromatic N) is 2. The first-order valence-corrected chi connectivity index (χ1v) is 7.72. The molecular weight excluding hydrogens is 314 g/mol. The van der Waals surface area contributed by atoms with Gasteiger partial charge in [0.15, 0.2) is 5.78 Å². The summed E-state index contributed by atoms with van der Waals surface area (Å²) in [5.74, 6) is -0.255. The van der Waals surface area contributed by atoms with E-state index in [9.17, 15) is 9.59 Å². The van der Waals surface area contributed by atoms with Gasteiger partial charge in [-0.15, -0.1) is 0 Å². The number of aromatic nitrogens is 2. The third-order valence-electron chi connectivity index (χ3n) is 3.41. The molecular formula is C17H20ClN3O2. The van der Waals surface area contributed by atoms with Crippen LogP contribution >= 0.6 is 11.6 Å². The van der Waals surface area contributed by atoms with Crippen LogP contribution in [0.3, 0.4) is 0 Å². The second kappa shape index (κ2) is 6.96. The first-order chi connectivity index (χ1) is 10.8. The first-order valence-electron chi connectivity index (χ1n) is 7.34. The number of amides is 1. The Kier molecular flexibility index (Phi) is 5.21. The normalized spacial score (nSPS) is 11.3. The average molecular weight is 334 g/mol. The molecule has 1 amide bonds. The van der Waals surface area contributed by atoms with Gasteiger partial charge in [-0.2, -0.15) is 5.10 Å². The topological polar surface area (TPSA) is 64.0 Å². The fourth-order valence-corrected chi connectivity index (χ4v) is 2.06. The zero-order chi connectivity index (χ0) is 17.0. The summed E-state index contributed by atoms with van der Waals surface area (Å²) >= 11 is 5.82. The van der Waals surface area contributed by atoms with E-state index in [0.29, 0.717) is 17.1 Å². The van der Waals surface area contributed by atoms with Gasteiger partial charge in [-0.05, 0) is 17.7 Å². The Morgan fingerprint density at radius 2 is 1.87 bits per heavy atom. The maximum absolute atomic E-state index is 12.1. The van der Waals surface area contributed by atoms with E-state index in [1.807, 2.05) is 32.9 Å². The van der Waals surface area contributed by atoms with Crippen LogP contribution < -0.4 is 5.32 Å². The third-order valence-corrected chi connectivity index (χ3v) is 3.60. The van der Waals surface area contributed by atoms with Gasteiger partial charge in [0.05, 0.1) is 24.3 Å². The van der Waals surface area contributed by atoms with Gasteiger partial charge in [-0.25, -0.2) is 0 Å². The number of carbonyl (C=O) groups excluding carboxylic acids is 2. The van der Waals surface area contributed by atoms with Crippen molar-refractivity contribution in [1.29, 1.82) is 0 Å². The van der Waals surface area contributed by atoms with Crippen molar-refractivity contribution in [3.63, 3.8) is 0 Å². The molecule has 0 saturated carbocycles. The number of benzene rings is 1. The van der Waals surface area contributed by atoms with Crippen molar-refractivity contribution in [2.24, 2.45) is 5.41 Å². The van der Waals surface area contributed by atoms with Gasteiger partial charge < -0.3 is 5.32 Å². The van der Waals surface area contributed by atoms with Gasteiger partial charge in [0.1, 0.15) is 0 Å². The molecule has 2 aromatic rings. The van der Waals surface area contributed by atoms with Crippen molar-refractivity contribution >= 4 is 23.3 Å². The molecule has 1 aromatic carbocycles. The van der Waals surface area contributed by atoms with E-state index in [4.69, 9.17) is 11.6 Å². The number of nitrogens with one attached hydrogen (secondary N) is 1. The highest BCUT2D eigenvalue weighted by Crippen LogP contribution is 2.14. The minimum absolute atomic E-state index is 0.00182. The Morgan fingerprint density at radius 3 is 2.39 bits per heavy atom. The lowest BCUT2D eigenvalue weighted by Gasteiger charge is -2.16. The summed E-state index contributed by atoms with van der Waals surface area (Å²) in [5, 5.41) is 7.35. The van der Waals surface area contributed by atoms with Gasteiger partial charge in [-0.3, -0.25) is 14.3 Å². The van der Waals surface area contributed by atoms with Crippen molar-refractivity contribution < 1.29 is 9.59 Å². The molecule has 2 rings (SSSR count). The predicted octanol–water partition coefficient (Wildman–Crippen LogP) is 2.93. The Balaban J connectivity index is 1.93. The molecule has 0 spiro atoms. The second-order valence-electron chi connectivity index (χ2n) is 6.41. The van der Waals surface area contributed by atoms with Crippen LogP contribution in [0.25, 0.3) is 0 Å². The van der Waals surface area contributed by atoms with Crippen molar-refractivity contribution in [2.75, 3.05) is 6.54 Å². The standard InChI is InChI=1S/C17H20ClN3O2/c1-17(2,3)15(22)9-19-16(23)13-6-4-12(5-7-13)10-21-11-14(18)8-20-21/h4-8,11H,9-10H2,1-3H3,(H,19,23). The quantitative estimate of drug-likeness (QED) is 0.915. The van der Waals surface area contributed by atoms with E-state index in [-0.39, 0.29) is 18.2 Å². The number of halogens is 1. The highest BCUT2D eigenvalue weighted by atomic mass is 35.5. The zero-order valence-corrected chi connectivity index (χ0v) is 14.2. The van der Waals surface area contributed by atoms with Gasteiger partial charge in [0.25, 0.3) is 5.91 Å². The Hall–Kier alpha value is -2.14. The van der Waals surface area contributed by atoms with Crippen LogP contribution in [0.4, 0.5) is 0 Å². The summed E-state index contributed by atoms with van der Waals surface area (Å²) in [6.45, 7) is 6.11. The van der Waals surface area contributed by atoms with Crippen molar-refractivity contribution in [3.8, 4) is 0 Å². The molecule has 5 nitrogen and oxygen atoms in total. The maximum atomic E-state index is 12.1. The summed E-state index contributed by atoms with van der Waals surface area (Å²) in [5.41, 5.74) is 1.07. The summed E-state index contributed by atoms with van der Waals surface area (Å²) in [7, 11) is 0. The molecule has 1 aromatic heterocycles. The molecule has 0 fully saturated rings.